The van der Waals surface area contributed by atoms with Crippen LogP contribution in [-0.2, 0) is 4.79 Å². The van der Waals surface area contributed by atoms with Gasteiger partial charge in [-0.25, -0.2) is 0 Å². The monoisotopic (exact) mass is 326 g/mol. The number of aryl methyl sites for hydroxylation is 1. The summed E-state index contributed by atoms with van der Waals surface area (Å²) >= 11 is 0. The van der Waals surface area contributed by atoms with E-state index in [2.05, 4.69) is 31.1 Å². The molecule has 2 atom stereocenters. The Hall–Kier alpha value is -2.20. The minimum atomic E-state index is -0.808. The van der Waals surface area contributed by atoms with Crippen molar-refractivity contribution in [2.24, 2.45) is 11.8 Å². The Bertz CT molecular complexity index is 683. The lowest BCUT2D eigenvalue weighted by Gasteiger charge is -2.17. The summed E-state index contributed by atoms with van der Waals surface area (Å²) in [5.41, 5.74) is 3.01. The number of hydrogen-bond donors (Lipinski definition) is 2. The number of nitrogens with one attached hydrogen (secondary N) is 1. The van der Waals surface area contributed by atoms with Gasteiger partial charge in [-0.2, -0.15) is 0 Å². The van der Waals surface area contributed by atoms with E-state index < -0.39 is 6.10 Å². The van der Waals surface area contributed by atoms with Crippen LogP contribution in [0.25, 0.3) is 0 Å². The van der Waals surface area contributed by atoms with Crippen molar-refractivity contribution in [3.63, 3.8) is 0 Å². The highest BCUT2D eigenvalue weighted by molar-refractivity contribution is 5.91. The lowest BCUT2D eigenvalue weighted by molar-refractivity contribution is -0.117. The number of carbonyl (C=O) groups excluding carboxylic acids is 1. The number of amides is 1. The van der Waals surface area contributed by atoms with Gasteiger partial charge >= 0.3 is 0 Å². The van der Waals surface area contributed by atoms with Crippen LogP contribution in [-0.4, -0.2) is 16.0 Å². The molecule has 4 nitrogen and oxygen atoms in total. The number of aromatic nitrogens is 1. The summed E-state index contributed by atoms with van der Waals surface area (Å²) in [4.78, 5) is 16.4. The third kappa shape index (κ3) is 4.65. The Morgan fingerprint density at radius 2 is 1.96 bits per heavy atom. The summed E-state index contributed by atoms with van der Waals surface area (Å²) in [5.74, 6) is 0.797. The van der Waals surface area contributed by atoms with E-state index in [1.807, 2.05) is 37.3 Å². The average Bonchev–Trinajstić information content (AvgIpc) is 2.56. The third-order valence-electron chi connectivity index (χ3n) is 4.46. The van der Waals surface area contributed by atoms with Gasteiger partial charge in [-0.3, -0.25) is 9.78 Å². The van der Waals surface area contributed by atoms with Gasteiger partial charge in [-0.15, -0.1) is 0 Å². The van der Waals surface area contributed by atoms with Gasteiger partial charge in [0.05, 0.1) is 5.69 Å². The number of benzene rings is 1. The number of carbonyl (C=O) groups is 1. The first-order chi connectivity index (χ1) is 11.4. The molecule has 0 unspecified atom stereocenters. The molecule has 0 fully saturated rings. The van der Waals surface area contributed by atoms with Crippen molar-refractivity contribution < 1.29 is 9.90 Å². The number of aliphatic hydroxyl groups excluding tert-OH is 1. The zero-order valence-electron chi connectivity index (χ0n) is 14.8. The molecule has 128 valence electrons. The Morgan fingerprint density at radius 3 is 2.58 bits per heavy atom. The predicted octanol–water partition coefficient (Wildman–Crippen LogP) is 4.09. The molecule has 0 aliphatic heterocycles. The molecule has 0 saturated heterocycles. The number of aliphatic hydroxyl groups is 1. The molecule has 1 heterocycles. The minimum Gasteiger partial charge on any atom is -0.382 e. The SMILES string of the molecule is Cc1ccc([C@H](O)c2ccccn2)cc1NC(=O)C[C@H](C)C(C)C. The molecule has 0 aliphatic rings. The van der Waals surface area contributed by atoms with Crippen LogP contribution in [0.4, 0.5) is 5.69 Å². The molecule has 0 radical (unpaired) electrons. The third-order valence-corrected chi connectivity index (χ3v) is 4.46. The maximum absolute atomic E-state index is 12.2. The van der Waals surface area contributed by atoms with Crippen LogP contribution in [0.5, 0.6) is 0 Å². The van der Waals surface area contributed by atoms with Crippen LogP contribution in [0.15, 0.2) is 42.6 Å². The molecular weight excluding hydrogens is 300 g/mol. The predicted molar refractivity (Wildman–Crippen MR) is 96.7 cm³/mol. The number of pyridine rings is 1. The fourth-order valence-corrected chi connectivity index (χ4v) is 2.38. The van der Waals surface area contributed by atoms with Crippen molar-refractivity contribution >= 4 is 11.6 Å². The fraction of sp³-hybridized carbons (Fsp3) is 0.400. The van der Waals surface area contributed by atoms with Gasteiger partial charge in [0.25, 0.3) is 0 Å². The summed E-state index contributed by atoms with van der Waals surface area (Å²) in [6.07, 6.45) is 1.34. The van der Waals surface area contributed by atoms with E-state index in [1.165, 1.54) is 0 Å². The minimum absolute atomic E-state index is 0.00350. The number of nitrogens with zero attached hydrogens (tertiary/aromatic N) is 1. The van der Waals surface area contributed by atoms with E-state index >= 15 is 0 Å². The smallest absolute Gasteiger partial charge is 0.224 e. The van der Waals surface area contributed by atoms with E-state index in [4.69, 9.17) is 0 Å². The highest BCUT2D eigenvalue weighted by atomic mass is 16.3. The van der Waals surface area contributed by atoms with E-state index in [-0.39, 0.29) is 5.91 Å². The summed E-state index contributed by atoms with van der Waals surface area (Å²) in [7, 11) is 0. The van der Waals surface area contributed by atoms with Crippen LogP contribution < -0.4 is 5.32 Å². The molecule has 24 heavy (non-hydrogen) atoms. The first kappa shape index (κ1) is 18.1. The number of rotatable bonds is 6. The Morgan fingerprint density at radius 1 is 1.21 bits per heavy atom. The molecular formula is C20H26N2O2. The zero-order valence-corrected chi connectivity index (χ0v) is 14.8. The van der Waals surface area contributed by atoms with Gasteiger partial charge in [-0.1, -0.05) is 39.0 Å². The van der Waals surface area contributed by atoms with Crippen molar-refractivity contribution in [3.05, 3.63) is 59.4 Å². The summed E-state index contributed by atoms with van der Waals surface area (Å²) in [5, 5.41) is 13.5. The Kier molecular flexibility index (Phi) is 6.10. The van der Waals surface area contributed by atoms with E-state index in [0.29, 0.717) is 29.5 Å². The first-order valence-electron chi connectivity index (χ1n) is 8.38. The Balaban J connectivity index is 2.15. The lowest BCUT2D eigenvalue weighted by atomic mass is 9.94. The average molecular weight is 326 g/mol. The summed E-state index contributed by atoms with van der Waals surface area (Å²) in [6.45, 7) is 8.26. The highest BCUT2D eigenvalue weighted by Crippen LogP contribution is 2.26. The zero-order chi connectivity index (χ0) is 17.7. The topological polar surface area (TPSA) is 62.2 Å². The molecule has 2 N–H and O–H groups in total. The molecule has 4 heteroatoms. The lowest BCUT2D eigenvalue weighted by Crippen LogP contribution is -2.18. The number of anilines is 1. The second kappa shape index (κ2) is 8.06. The van der Waals surface area contributed by atoms with Gasteiger partial charge in [0, 0.05) is 18.3 Å². The molecule has 2 aromatic rings. The van der Waals surface area contributed by atoms with Crippen LogP contribution in [0.2, 0.25) is 0 Å². The van der Waals surface area contributed by atoms with E-state index in [1.54, 1.807) is 12.3 Å². The van der Waals surface area contributed by atoms with Gasteiger partial charge < -0.3 is 10.4 Å². The van der Waals surface area contributed by atoms with Gasteiger partial charge in [0.1, 0.15) is 6.10 Å². The molecule has 2 rings (SSSR count). The van der Waals surface area contributed by atoms with Gasteiger partial charge in [0.2, 0.25) is 5.91 Å². The maximum atomic E-state index is 12.2. The fourth-order valence-electron chi connectivity index (χ4n) is 2.38. The standard InChI is InChI=1S/C20H26N2O2/c1-13(2)15(4)11-19(23)22-18-12-16(9-8-14(18)3)20(24)17-7-5-6-10-21-17/h5-10,12-13,15,20,24H,11H2,1-4H3,(H,22,23)/t15-,20-/m0/s1. The quantitative estimate of drug-likeness (QED) is 0.840. The largest absolute Gasteiger partial charge is 0.382 e. The normalized spacial score (nSPS) is 13.6. The molecule has 0 aliphatic carbocycles. The number of hydrogen-bond acceptors (Lipinski definition) is 3. The summed E-state index contributed by atoms with van der Waals surface area (Å²) in [6, 6.07) is 11.0. The second-order valence-electron chi connectivity index (χ2n) is 6.71. The molecule has 1 amide bonds. The summed E-state index contributed by atoms with van der Waals surface area (Å²) < 4.78 is 0. The van der Waals surface area contributed by atoms with Crippen molar-refractivity contribution in [2.45, 2.75) is 40.2 Å². The van der Waals surface area contributed by atoms with E-state index in [9.17, 15) is 9.90 Å². The van der Waals surface area contributed by atoms with Crippen LogP contribution >= 0.6 is 0 Å². The maximum Gasteiger partial charge on any atom is 0.224 e. The van der Waals surface area contributed by atoms with Crippen molar-refractivity contribution in [3.8, 4) is 0 Å². The second-order valence-corrected chi connectivity index (χ2v) is 6.71. The van der Waals surface area contributed by atoms with Crippen LogP contribution in [0.3, 0.4) is 0 Å². The van der Waals surface area contributed by atoms with Crippen molar-refractivity contribution in [1.82, 2.24) is 4.98 Å². The molecule has 1 aromatic carbocycles. The Labute approximate surface area is 143 Å². The van der Waals surface area contributed by atoms with Gasteiger partial charge in [-0.05, 0) is 48.1 Å². The van der Waals surface area contributed by atoms with E-state index in [0.717, 1.165) is 11.3 Å². The molecule has 0 spiro atoms. The van der Waals surface area contributed by atoms with Crippen molar-refractivity contribution in [1.29, 1.82) is 0 Å². The van der Waals surface area contributed by atoms with Gasteiger partial charge in [0.15, 0.2) is 0 Å². The molecule has 0 saturated carbocycles. The first-order valence-corrected chi connectivity index (χ1v) is 8.38. The molecule has 1 aromatic heterocycles. The molecule has 0 bridgehead atoms. The highest BCUT2D eigenvalue weighted by Gasteiger charge is 2.16. The van der Waals surface area contributed by atoms with Crippen LogP contribution in [0.1, 0.15) is 50.1 Å². The van der Waals surface area contributed by atoms with Crippen LogP contribution in [0, 0.1) is 18.8 Å². The van der Waals surface area contributed by atoms with Crippen molar-refractivity contribution in [2.75, 3.05) is 5.32 Å².